The molecule has 0 unspecified atom stereocenters. The number of nitrogens with one attached hydrogen (secondary N) is 1. The van der Waals surface area contributed by atoms with Gasteiger partial charge in [-0.1, -0.05) is 13.3 Å². The van der Waals surface area contributed by atoms with Gasteiger partial charge in [-0.25, -0.2) is 13.1 Å². The minimum Gasteiger partial charge on any atom is -0.399 e. The van der Waals surface area contributed by atoms with Crippen LogP contribution in [0.3, 0.4) is 0 Å². The Labute approximate surface area is 121 Å². The van der Waals surface area contributed by atoms with Crippen LogP contribution in [0.25, 0.3) is 0 Å². The zero-order chi connectivity index (χ0) is 14.8. The van der Waals surface area contributed by atoms with Crippen LogP contribution in [-0.4, -0.2) is 14.5 Å². The van der Waals surface area contributed by atoms with Gasteiger partial charge in [-0.05, 0) is 62.3 Å². The highest BCUT2D eigenvalue weighted by Crippen LogP contribution is 2.28. The van der Waals surface area contributed by atoms with Gasteiger partial charge in [-0.15, -0.1) is 0 Å². The first kappa shape index (κ1) is 15.3. The first-order valence-electron chi connectivity index (χ1n) is 7.31. The lowest BCUT2D eigenvalue weighted by molar-refractivity contribution is 0.306. The van der Waals surface area contributed by atoms with Crippen LogP contribution in [0, 0.1) is 12.8 Å². The van der Waals surface area contributed by atoms with Crippen LogP contribution in [0.5, 0.6) is 0 Å². The Bertz CT molecular complexity index is 561. The van der Waals surface area contributed by atoms with Gasteiger partial charge in [-0.3, -0.25) is 0 Å². The molecule has 2 rings (SSSR count). The summed E-state index contributed by atoms with van der Waals surface area (Å²) in [7, 11) is -3.44. The Morgan fingerprint density at radius 3 is 2.45 bits per heavy atom. The second-order valence-electron chi connectivity index (χ2n) is 5.77. The van der Waals surface area contributed by atoms with Crippen molar-refractivity contribution in [1.82, 2.24) is 4.72 Å². The van der Waals surface area contributed by atoms with E-state index >= 15 is 0 Å². The monoisotopic (exact) mass is 296 g/mol. The molecule has 3 N–H and O–H groups in total. The molecule has 0 radical (unpaired) electrons. The number of anilines is 1. The van der Waals surface area contributed by atoms with Crippen molar-refractivity contribution in [3.8, 4) is 0 Å². The average molecular weight is 296 g/mol. The van der Waals surface area contributed by atoms with E-state index in [0.29, 0.717) is 16.1 Å². The van der Waals surface area contributed by atoms with Crippen LogP contribution in [0.4, 0.5) is 5.69 Å². The predicted octanol–water partition coefficient (Wildman–Crippen LogP) is 2.82. The van der Waals surface area contributed by atoms with Crippen LogP contribution in [0.2, 0.25) is 0 Å². The summed E-state index contributed by atoms with van der Waals surface area (Å²) in [5.74, 6) is 0.758. The van der Waals surface area contributed by atoms with E-state index in [9.17, 15) is 8.42 Å². The normalized spacial score (nSPS) is 23.7. The van der Waals surface area contributed by atoms with Crippen LogP contribution >= 0.6 is 0 Å². The van der Waals surface area contributed by atoms with Crippen molar-refractivity contribution in [2.45, 2.75) is 56.9 Å². The molecule has 1 fully saturated rings. The molecule has 1 aliphatic carbocycles. The summed E-state index contributed by atoms with van der Waals surface area (Å²) in [6.07, 6.45) is 5.29. The van der Waals surface area contributed by atoms with Crippen molar-refractivity contribution in [2.24, 2.45) is 5.92 Å². The van der Waals surface area contributed by atoms with E-state index in [1.165, 1.54) is 6.42 Å². The molecule has 1 aromatic rings. The number of benzene rings is 1. The molecule has 1 aromatic carbocycles. The highest BCUT2D eigenvalue weighted by Gasteiger charge is 2.25. The Morgan fingerprint density at radius 2 is 1.90 bits per heavy atom. The van der Waals surface area contributed by atoms with E-state index < -0.39 is 10.0 Å². The van der Waals surface area contributed by atoms with Crippen LogP contribution < -0.4 is 10.5 Å². The lowest BCUT2D eigenvalue weighted by Gasteiger charge is -2.28. The Balaban J connectivity index is 2.08. The quantitative estimate of drug-likeness (QED) is 0.839. The second-order valence-corrected chi connectivity index (χ2v) is 7.45. The van der Waals surface area contributed by atoms with Crippen molar-refractivity contribution in [3.05, 3.63) is 23.8 Å². The van der Waals surface area contributed by atoms with Gasteiger partial charge >= 0.3 is 0 Å². The van der Waals surface area contributed by atoms with E-state index in [4.69, 9.17) is 5.73 Å². The summed E-state index contributed by atoms with van der Waals surface area (Å²) in [4.78, 5) is 0.337. The minimum atomic E-state index is -3.44. The largest absolute Gasteiger partial charge is 0.399 e. The molecule has 0 bridgehead atoms. The molecule has 5 heteroatoms. The molecule has 0 aliphatic heterocycles. The Morgan fingerprint density at radius 1 is 1.25 bits per heavy atom. The fraction of sp³-hybridized carbons (Fsp3) is 0.600. The fourth-order valence-corrected chi connectivity index (χ4v) is 4.48. The first-order valence-corrected chi connectivity index (χ1v) is 8.79. The molecule has 0 amide bonds. The van der Waals surface area contributed by atoms with Gasteiger partial charge in [0.15, 0.2) is 0 Å². The predicted molar refractivity (Wildman–Crippen MR) is 81.9 cm³/mol. The second kappa shape index (κ2) is 6.14. The highest BCUT2D eigenvalue weighted by molar-refractivity contribution is 7.89. The number of aryl methyl sites for hydroxylation is 1. The summed E-state index contributed by atoms with van der Waals surface area (Å²) in [6, 6.07) is 4.99. The topological polar surface area (TPSA) is 72.2 Å². The molecule has 1 aliphatic rings. The van der Waals surface area contributed by atoms with E-state index in [2.05, 4.69) is 11.6 Å². The third-order valence-corrected chi connectivity index (χ3v) is 5.92. The molecule has 0 saturated heterocycles. The van der Waals surface area contributed by atoms with Gasteiger partial charge in [0.1, 0.15) is 0 Å². The van der Waals surface area contributed by atoms with Crippen molar-refractivity contribution in [1.29, 1.82) is 0 Å². The number of rotatable bonds is 4. The van der Waals surface area contributed by atoms with Gasteiger partial charge in [-0.2, -0.15) is 0 Å². The maximum Gasteiger partial charge on any atom is 0.241 e. The maximum absolute atomic E-state index is 12.4. The minimum absolute atomic E-state index is 0.0692. The molecule has 0 heterocycles. The number of hydrogen-bond donors (Lipinski definition) is 2. The van der Waals surface area contributed by atoms with Gasteiger partial charge in [0, 0.05) is 11.7 Å². The third kappa shape index (κ3) is 3.52. The average Bonchev–Trinajstić information content (AvgIpc) is 2.38. The van der Waals surface area contributed by atoms with Crippen molar-refractivity contribution in [3.63, 3.8) is 0 Å². The zero-order valence-corrected chi connectivity index (χ0v) is 13.0. The number of nitrogens with two attached hydrogens (primary N) is 1. The SMILES string of the molecule is CCC1CCC(NS(=O)(=O)c2ccc(N)cc2C)CC1. The molecular weight excluding hydrogens is 272 g/mol. The molecule has 0 aromatic heterocycles. The zero-order valence-electron chi connectivity index (χ0n) is 12.2. The molecule has 112 valence electrons. The standard InChI is InChI=1S/C15H24N2O2S/c1-3-12-4-7-14(8-5-12)17-20(18,19)15-9-6-13(16)10-11(15)2/h6,9-10,12,14,17H,3-5,7-8,16H2,1-2H3. The van der Waals surface area contributed by atoms with Gasteiger partial charge in [0.05, 0.1) is 4.90 Å². The summed E-state index contributed by atoms with van der Waals surface area (Å²) in [5.41, 5.74) is 6.95. The van der Waals surface area contributed by atoms with E-state index in [-0.39, 0.29) is 6.04 Å². The molecule has 20 heavy (non-hydrogen) atoms. The molecular formula is C15H24N2O2S. The van der Waals surface area contributed by atoms with Crippen molar-refractivity contribution >= 4 is 15.7 Å². The maximum atomic E-state index is 12.4. The fourth-order valence-electron chi connectivity index (χ4n) is 2.95. The van der Waals surface area contributed by atoms with Gasteiger partial charge < -0.3 is 5.73 Å². The van der Waals surface area contributed by atoms with Gasteiger partial charge in [0.2, 0.25) is 10.0 Å². The lowest BCUT2D eigenvalue weighted by Crippen LogP contribution is -2.37. The molecule has 0 atom stereocenters. The van der Waals surface area contributed by atoms with E-state index in [1.54, 1.807) is 25.1 Å². The van der Waals surface area contributed by atoms with E-state index in [1.807, 2.05) is 0 Å². The molecule has 1 saturated carbocycles. The molecule has 0 spiro atoms. The summed E-state index contributed by atoms with van der Waals surface area (Å²) in [6.45, 7) is 3.98. The number of hydrogen-bond acceptors (Lipinski definition) is 3. The highest BCUT2D eigenvalue weighted by atomic mass is 32.2. The van der Waals surface area contributed by atoms with Crippen molar-refractivity contribution in [2.75, 3.05) is 5.73 Å². The smallest absolute Gasteiger partial charge is 0.241 e. The Kier molecular flexibility index (Phi) is 4.70. The number of sulfonamides is 1. The van der Waals surface area contributed by atoms with Gasteiger partial charge in [0.25, 0.3) is 0 Å². The first-order chi connectivity index (χ1) is 9.42. The van der Waals surface area contributed by atoms with E-state index in [0.717, 1.165) is 31.6 Å². The van der Waals surface area contributed by atoms with Crippen LogP contribution in [-0.2, 0) is 10.0 Å². The van der Waals surface area contributed by atoms with Crippen molar-refractivity contribution < 1.29 is 8.42 Å². The summed E-state index contributed by atoms with van der Waals surface area (Å²) in [5, 5.41) is 0. The third-order valence-electron chi connectivity index (χ3n) is 4.23. The lowest BCUT2D eigenvalue weighted by atomic mass is 9.85. The number of nitrogen functional groups attached to an aromatic ring is 1. The summed E-state index contributed by atoms with van der Waals surface area (Å²) >= 11 is 0. The summed E-state index contributed by atoms with van der Waals surface area (Å²) < 4.78 is 27.7. The van der Waals surface area contributed by atoms with Crippen LogP contribution in [0.15, 0.2) is 23.1 Å². The molecule has 4 nitrogen and oxygen atoms in total. The van der Waals surface area contributed by atoms with Crippen LogP contribution in [0.1, 0.15) is 44.6 Å². The Hall–Kier alpha value is -1.07.